The summed E-state index contributed by atoms with van der Waals surface area (Å²) >= 11 is 0. The smallest absolute Gasteiger partial charge is 0.150 e. The van der Waals surface area contributed by atoms with Crippen molar-refractivity contribution in [1.82, 2.24) is 4.98 Å². The van der Waals surface area contributed by atoms with Gasteiger partial charge in [0.2, 0.25) is 0 Å². The van der Waals surface area contributed by atoms with E-state index < -0.39 is 11.6 Å². The van der Waals surface area contributed by atoms with Gasteiger partial charge < -0.3 is 4.98 Å². The van der Waals surface area contributed by atoms with E-state index >= 15 is 0 Å². The van der Waals surface area contributed by atoms with Crippen molar-refractivity contribution >= 4 is 10.9 Å². The molecule has 1 heterocycles. The molecule has 21 heavy (non-hydrogen) atoms. The van der Waals surface area contributed by atoms with Gasteiger partial charge in [-0.05, 0) is 54.3 Å². The van der Waals surface area contributed by atoms with Crippen LogP contribution in [0.1, 0.15) is 12.5 Å². The van der Waals surface area contributed by atoms with Crippen LogP contribution in [0.4, 0.5) is 13.2 Å². The SMILES string of the molecule is C[CH]Cc1c(-c2ccc(F)cc2)[nH]c2c(F)cc(F)cc12. The lowest BCUT2D eigenvalue weighted by Crippen LogP contribution is -1.88. The van der Waals surface area contributed by atoms with Crippen molar-refractivity contribution in [3.8, 4) is 11.3 Å². The van der Waals surface area contributed by atoms with Crippen LogP contribution in [0.3, 0.4) is 0 Å². The number of aromatic amines is 1. The maximum atomic E-state index is 13.9. The molecule has 1 radical (unpaired) electrons. The van der Waals surface area contributed by atoms with E-state index in [-0.39, 0.29) is 11.3 Å². The van der Waals surface area contributed by atoms with Crippen molar-refractivity contribution < 1.29 is 13.2 Å². The molecule has 0 aliphatic heterocycles. The summed E-state index contributed by atoms with van der Waals surface area (Å²) < 4.78 is 40.4. The highest BCUT2D eigenvalue weighted by molar-refractivity contribution is 5.91. The van der Waals surface area contributed by atoms with E-state index in [1.54, 1.807) is 12.1 Å². The Bertz CT molecular complexity index is 788. The Hall–Kier alpha value is -2.23. The number of aromatic nitrogens is 1. The predicted octanol–water partition coefficient (Wildman–Crippen LogP) is 5.02. The minimum absolute atomic E-state index is 0.271. The molecule has 0 saturated heterocycles. The zero-order valence-corrected chi connectivity index (χ0v) is 11.4. The quantitative estimate of drug-likeness (QED) is 0.696. The van der Waals surface area contributed by atoms with Crippen LogP contribution in [-0.4, -0.2) is 4.98 Å². The molecule has 2 aromatic carbocycles. The predicted molar refractivity (Wildman–Crippen MR) is 77.3 cm³/mol. The van der Waals surface area contributed by atoms with Crippen molar-refractivity contribution in [2.75, 3.05) is 0 Å². The fraction of sp³-hybridized carbons (Fsp3) is 0.118. The summed E-state index contributed by atoms with van der Waals surface area (Å²) in [5.41, 5.74) is 2.50. The molecule has 0 fully saturated rings. The lowest BCUT2D eigenvalue weighted by molar-refractivity contribution is 0.591. The van der Waals surface area contributed by atoms with Crippen LogP contribution in [0, 0.1) is 23.9 Å². The third-order valence-corrected chi connectivity index (χ3v) is 3.47. The minimum Gasteiger partial charge on any atom is -0.352 e. The molecule has 0 aliphatic carbocycles. The molecule has 4 heteroatoms. The Kier molecular flexibility index (Phi) is 3.45. The normalized spacial score (nSPS) is 11.2. The zero-order valence-electron chi connectivity index (χ0n) is 11.4. The molecule has 1 aromatic heterocycles. The van der Waals surface area contributed by atoms with Crippen LogP contribution < -0.4 is 0 Å². The number of hydrogen-bond donors (Lipinski definition) is 1. The number of rotatable bonds is 3. The van der Waals surface area contributed by atoms with Crippen molar-refractivity contribution in [3.05, 3.63) is 65.8 Å². The van der Waals surface area contributed by atoms with Gasteiger partial charge in [-0.15, -0.1) is 0 Å². The van der Waals surface area contributed by atoms with Crippen LogP contribution in [-0.2, 0) is 6.42 Å². The summed E-state index contributed by atoms with van der Waals surface area (Å²) in [7, 11) is 0. The molecular weight excluding hydrogens is 275 g/mol. The van der Waals surface area contributed by atoms with Gasteiger partial charge in [-0.3, -0.25) is 0 Å². The number of fused-ring (bicyclic) bond motifs is 1. The molecule has 0 unspecified atom stereocenters. The highest BCUT2D eigenvalue weighted by atomic mass is 19.1. The van der Waals surface area contributed by atoms with Gasteiger partial charge >= 0.3 is 0 Å². The number of hydrogen-bond acceptors (Lipinski definition) is 0. The van der Waals surface area contributed by atoms with Crippen molar-refractivity contribution in [3.63, 3.8) is 0 Å². The monoisotopic (exact) mass is 288 g/mol. The fourth-order valence-corrected chi connectivity index (χ4v) is 2.55. The van der Waals surface area contributed by atoms with Crippen molar-refractivity contribution in [2.24, 2.45) is 0 Å². The molecule has 0 saturated carbocycles. The molecule has 0 aliphatic rings. The summed E-state index contributed by atoms with van der Waals surface area (Å²) in [6, 6.07) is 8.10. The van der Waals surface area contributed by atoms with E-state index in [9.17, 15) is 13.2 Å². The highest BCUT2D eigenvalue weighted by Gasteiger charge is 2.16. The Morgan fingerprint density at radius 3 is 2.38 bits per heavy atom. The van der Waals surface area contributed by atoms with Gasteiger partial charge in [-0.25, -0.2) is 13.2 Å². The summed E-state index contributed by atoms with van der Waals surface area (Å²) in [5.74, 6) is -1.58. The molecule has 0 bridgehead atoms. The van der Waals surface area contributed by atoms with Gasteiger partial charge in [0.1, 0.15) is 17.5 Å². The minimum atomic E-state index is -0.629. The molecular formula is C17H13F3N. The fourth-order valence-electron chi connectivity index (χ4n) is 2.55. The summed E-state index contributed by atoms with van der Waals surface area (Å²) in [6.45, 7) is 1.88. The van der Waals surface area contributed by atoms with Gasteiger partial charge in [-0.1, -0.05) is 6.92 Å². The first-order valence-corrected chi connectivity index (χ1v) is 6.63. The first kappa shape index (κ1) is 13.7. The van der Waals surface area contributed by atoms with Gasteiger partial charge in [0.05, 0.1) is 5.52 Å². The first-order valence-electron chi connectivity index (χ1n) is 6.63. The molecule has 3 aromatic rings. The maximum Gasteiger partial charge on any atom is 0.150 e. The third-order valence-electron chi connectivity index (χ3n) is 3.47. The maximum absolute atomic E-state index is 13.9. The average molecular weight is 288 g/mol. The summed E-state index contributed by atoms with van der Waals surface area (Å²) in [4.78, 5) is 3.00. The van der Waals surface area contributed by atoms with Gasteiger partial charge in [0.15, 0.2) is 0 Å². The molecule has 0 atom stereocenters. The van der Waals surface area contributed by atoms with E-state index in [1.165, 1.54) is 18.2 Å². The van der Waals surface area contributed by atoms with Gasteiger partial charge in [0.25, 0.3) is 0 Å². The third kappa shape index (κ3) is 2.42. The van der Waals surface area contributed by atoms with E-state index in [4.69, 9.17) is 0 Å². The molecule has 0 spiro atoms. The van der Waals surface area contributed by atoms with Crippen molar-refractivity contribution in [2.45, 2.75) is 13.3 Å². The van der Waals surface area contributed by atoms with Crippen LogP contribution in [0.15, 0.2) is 36.4 Å². The Labute approximate surface area is 120 Å². The number of benzene rings is 2. The van der Waals surface area contributed by atoms with Gasteiger partial charge in [0, 0.05) is 17.1 Å². The second-order valence-corrected chi connectivity index (χ2v) is 4.91. The Morgan fingerprint density at radius 1 is 1.00 bits per heavy atom. The van der Waals surface area contributed by atoms with E-state index in [1.807, 2.05) is 13.3 Å². The average Bonchev–Trinajstić information content (AvgIpc) is 2.80. The Balaban J connectivity index is 2.28. The topological polar surface area (TPSA) is 15.8 Å². The largest absolute Gasteiger partial charge is 0.352 e. The number of halogens is 3. The highest BCUT2D eigenvalue weighted by Crippen LogP contribution is 2.33. The van der Waals surface area contributed by atoms with Crippen LogP contribution in [0.5, 0.6) is 0 Å². The first-order chi connectivity index (χ1) is 10.1. The van der Waals surface area contributed by atoms with Crippen molar-refractivity contribution in [1.29, 1.82) is 0 Å². The molecule has 1 N–H and O–H groups in total. The number of nitrogens with one attached hydrogen (secondary N) is 1. The molecule has 107 valence electrons. The second kappa shape index (κ2) is 5.28. The molecule has 0 amide bonds. The van der Waals surface area contributed by atoms with Gasteiger partial charge in [-0.2, -0.15) is 0 Å². The lowest BCUT2D eigenvalue weighted by Gasteiger charge is -2.03. The zero-order chi connectivity index (χ0) is 15.0. The standard InChI is InChI=1S/C17H13F3N/c1-2-3-13-14-8-12(19)9-15(20)17(14)21-16(13)10-4-6-11(18)7-5-10/h2,4-9,21H,3H2,1H3. The van der Waals surface area contributed by atoms with Crippen LogP contribution in [0.2, 0.25) is 0 Å². The summed E-state index contributed by atoms with van der Waals surface area (Å²) in [6.07, 6.45) is 2.48. The Morgan fingerprint density at radius 2 is 1.71 bits per heavy atom. The van der Waals surface area contributed by atoms with E-state index in [2.05, 4.69) is 4.98 Å². The van der Waals surface area contributed by atoms with E-state index in [0.717, 1.165) is 17.2 Å². The van der Waals surface area contributed by atoms with Crippen LogP contribution >= 0.6 is 0 Å². The molecule has 3 rings (SSSR count). The second-order valence-electron chi connectivity index (χ2n) is 4.91. The van der Waals surface area contributed by atoms with Crippen LogP contribution in [0.25, 0.3) is 22.2 Å². The lowest BCUT2D eigenvalue weighted by atomic mass is 10.0. The molecule has 1 nitrogen and oxygen atoms in total. The number of H-pyrrole nitrogens is 1. The summed E-state index contributed by atoms with van der Waals surface area (Å²) in [5, 5.41) is 0.518. The van der Waals surface area contributed by atoms with E-state index in [0.29, 0.717) is 17.5 Å².